The molecule has 1 aliphatic heterocycles. The van der Waals surface area contributed by atoms with Crippen LogP contribution in [-0.4, -0.2) is 37.8 Å². The molecule has 0 fully saturated rings. The molecule has 9 nitrogen and oxygen atoms in total. The summed E-state index contributed by atoms with van der Waals surface area (Å²) in [4.78, 5) is 23.0. The number of benzene rings is 2. The molecular weight excluding hydrogens is 382 g/mol. The van der Waals surface area contributed by atoms with E-state index >= 15 is 0 Å². The molecule has 2 aromatic rings. The highest BCUT2D eigenvalue weighted by Crippen LogP contribution is 2.37. The van der Waals surface area contributed by atoms with E-state index in [2.05, 4.69) is 10.1 Å². The van der Waals surface area contributed by atoms with Crippen molar-refractivity contribution in [1.82, 2.24) is 0 Å². The van der Waals surface area contributed by atoms with Gasteiger partial charge in [0.15, 0.2) is 23.0 Å². The van der Waals surface area contributed by atoms with Gasteiger partial charge >= 0.3 is 6.61 Å². The lowest BCUT2D eigenvalue weighted by atomic mass is 10.1. The molecule has 0 saturated heterocycles. The van der Waals surface area contributed by atoms with Gasteiger partial charge in [-0.05, 0) is 12.1 Å². The second-order valence-electron chi connectivity index (χ2n) is 5.47. The fourth-order valence-electron chi connectivity index (χ4n) is 2.55. The Morgan fingerprint density at radius 3 is 2.54 bits per heavy atom. The largest absolute Gasteiger partial charge is 0.493 e. The van der Waals surface area contributed by atoms with Crippen molar-refractivity contribution in [3.8, 4) is 23.0 Å². The minimum Gasteiger partial charge on any atom is -0.493 e. The smallest absolute Gasteiger partial charge is 0.387 e. The Bertz CT molecular complexity index is 921. The van der Waals surface area contributed by atoms with Crippen molar-refractivity contribution in [2.45, 2.75) is 6.61 Å². The normalized spacial score (nSPS) is 12.4. The monoisotopic (exact) mass is 396 g/mol. The van der Waals surface area contributed by atoms with Crippen LogP contribution in [-0.2, 0) is 0 Å². The Hall–Kier alpha value is -3.63. The number of hydrogen-bond donors (Lipinski definition) is 1. The van der Waals surface area contributed by atoms with E-state index < -0.39 is 34.4 Å². The molecule has 11 heteroatoms. The van der Waals surface area contributed by atoms with Crippen LogP contribution in [0.5, 0.6) is 23.0 Å². The average Bonchev–Trinajstić information content (AvgIpc) is 2.67. The zero-order chi connectivity index (χ0) is 20.3. The molecule has 0 atom stereocenters. The second kappa shape index (κ2) is 7.94. The molecule has 1 heterocycles. The number of nitro groups is 1. The first-order valence-corrected chi connectivity index (χ1v) is 7.91. The van der Waals surface area contributed by atoms with Crippen molar-refractivity contribution in [3.63, 3.8) is 0 Å². The van der Waals surface area contributed by atoms with Crippen LogP contribution in [0.15, 0.2) is 30.3 Å². The van der Waals surface area contributed by atoms with E-state index in [1.807, 2.05) is 0 Å². The number of amides is 1. The Morgan fingerprint density at radius 1 is 1.18 bits per heavy atom. The number of nitro benzene ring substituents is 1. The van der Waals surface area contributed by atoms with Crippen LogP contribution in [0.4, 0.5) is 20.2 Å². The number of halogens is 2. The number of nitrogens with zero attached hydrogens (tertiary/aromatic N) is 1. The van der Waals surface area contributed by atoms with Gasteiger partial charge in [-0.1, -0.05) is 0 Å². The van der Waals surface area contributed by atoms with Crippen molar-refractivity contribution < 1.29 is 37.4 Å². The number of rotatable bonds is 6. The van der Waals surface area contributed by atoms with Crippen molar-refractivity contribution in [2.75, 3.05) is 25.6 Å². The molecule has 1 amide bonds. The Morgan fingerprint density at radius 2 is 1.89 bits per heavy atom. The van der Waals surface area contributed by atoms with Crippen molar-refractivity contribution >= 4 is 17.3 Å². The number of nitrogens with one attached hydrogen (secondary N) is 1. The van der Waals surface area contributed by atoms with Gasteiger partial charge in [0.1, 0.15) is 18.8 Å². The quantitative estimate of drug-likeness (QED) is 0.590. The van der Waals surface area contributed by atoms with Gasteiger partial charge in [-0.2, -0.15) is 8.78 Å². The summed E-state index contributed by atoms with van der Waals surface area (Å²) < 4.78 is 44.9. The van der Waals surface area contributed by atoms with E-state index in [4.69, 9.17) is 14.2 Å². The van der Waals surface area contributed by atoms with Gasteiger partial charge in [-0.3, -0.25) is 14.9 Å². The third-order valence-corrected chi connectivity index (χ3v) is 3.74. The first-order valence-electron chi connectivity index (χ1n) is 7.91. The van der Waals surface area contributed by atoms with Crippen molar-refractivity contribution in [3.05, 3.63) is 46.0 Å². The van der Waals surface area contributed by atoms with Gasteiger partial charge in [0, 0.05) is 17.8 Å². The zero-order valence-electron chi connectivity index (χ0n) is 14.4. The SMILES string of the molecule is COc1cc(C(=O)Nc2ccc3c(c2)OCCO3)c([N+](=O)[O-])cc1OC(F)F. The maximum absolute atomic E-state index is 12.6. The number of ether oxygens (including phenoxy) is 4. The maximum atomic E-state index is 12.6. The molecular formula is C17H14F2N2O7. The van der Waals surface area contributed by atoms with Crippen LogP contribution in [0.1, 0.15) is 10.4 Å². The van der Waals surface area contributed by atoms with Crippen LogP contribution < -0.4 is 24.3 Å². The minimum atomic E-state index is -3.22. The topological polar surface area (TPSA) is 109 Å². The lowest BCUT2D eigenvalue weighted by molar-refractivity contribution is -0.385. The fourth-order valence-corrected chi connectivity index (χ4v) is 2.55. The minimum absolute atomic E-state index is 0.252. The van der Waals surface area contributed by atoms with Crippen LogP contribution in [0.2, 0.25) is 0 Å². The Balaban J connectivity index is 1.93. The first kappa shape index (κ1) is 19.1. The van der Waals surface area contributed by atoms with Gasteiger partial charge in [-0.25, -0.2) is 0 Å². The summed E-state index contributed by atoms with van der Waals surface area (Å²) in [6, 6.07) is 6.29. The number of hydrogen-bond acceptors (Lipinski definition) is 7. The molecule has 28 heavy (non-hydrogen) atoms. The zero-order valence-corrected chi connectivity index (χ0v) is 14.4. The lowest BCUT2D eigenvalue weighted by Gasteiger charge is -2.19. The summed E-state index contributed by atoms with van der Waals surface area (Å²) in [7, 11) is 1.15. The predicted molar refractivity (Wildman–Crippen MR) is 91.7 cm³/mol. The number of anilines is 1. The highest BCUT2D eigenvalue weighted by atomic mass is 19.3. The second-order valence-corrected chi connectivity index (χ2v) is 5.47. The summed E-state index contributed by atoms with van der Waals surface area (Å²) in [6.45, 7) is -2.47. The molecule has 1 N–H and O–H groups in total. The molecule has 148 valence electrons. The van der Waals surface area contributed by atoms with Crippen LogP contribution in [0.3, 0.4) is 0 Å². The number of carbonyl (C=O) groups is 1. The molecule has 0 radical (unpaired) electrons. The highest BCUT2D eigenvalue weighted by Gasteiger charge is 2.26. The predicted octanol–water partition coefficient (Wildman–Crippen LogP) is 3.23. The Kier molecular flexibility index (Phi) is 5.43. The number of carbonyl (C=O) groups excluding carboxylic acids is 1. The molecule has 1 aliphatic rings. The van der Waals surface area contributed by atoms with Gasteiger partial charge < -0.3 is 24.3 Å². The molecule has 0 spiro atoms. The maximum Gasteiger partial charge on any atom is 0.387 e. The molecule has 0 aromatic heterocycles. The molecule has 0 saturated carbocycles. The van der Waals surface area contributed by atoms with E-state index in [9.17, 15) is 23.7 Å². The lowest BCUT2D eigenvalue weighted by Crippen LogP contribution is -2.17. The van der Waals surface area contributed by atoms with Gasteiger partial charge in [-0.15, -0.1) is 0 Å². The molecule has 3 rings (SSSR count). The number of fused-ring (bicyclic) bond motifs is 1. The standard InChI is InChI=1S/C17H14F2N2O7/c1-25-13-7-10(11(21(23)24)8-15(13)28-17(18)19)16(22)20-9-2-3-12-14(6-9)27-5-4-26-12/h2-3,6-8,17H,4-5H2,1H3,(H,20,22). The van der Waals surface area contributed by atoms with Crippen LogP contribution >= 0.6 is 0 Å². The molecule has 2 aromatic carbocycles. The summed E-state index contributed by atoms with van der Waals surface area (Å²) in [5.74, 6) is -0.731. The van der Waals surface area contributed by atoms with Crippen molar-refractivity contribution in [1.29, 1.82) is 0 Å². The van der Waals surface area contributed by atoms with Crippen LogP contribution in [0, 0.1) is 10.1 Å². The van der Waals surface area contributed by atoms with E-state index in [1.54, 1.807) is 6.07 Å². The molecule has 0 bridgehead atoms. The number of methoxy groups -OCH3 is 1. The third kappa shape index (κ3) is 4.03. The summed E-state index contributed by atoms with van der Waals surface area (Å²) in [6.07, 6.45) is 0. The third-order valence-electron chi connectivity index (χ3n) is 3.74. The fraction of sp³-hybridized carbons (Fsp3) is 0.235. The summed E-state index contributed by atoms with van der Waals surface area (Å²) >= 11 is 0. The Labute approximate surface area is 156 Å². The summed E-state index contributed by atoms with van der Waals surface area (Å²) in [5.41, 5.74) is -0.805. The average molecular weight is 396 g/mol. The first-order chi connectivity index (χ1) is 13.4. The van der Waals surface area contributed by atoms with E-state index in [-0.39, 0.29) is 5.75 Å². The summed E-state index contributed by atoms with van der Waals surface area (Å²) in [5, 5.41) is 13.8. The van der Waals surface area contributed by atoms with Gasteiger partial charge in [0.2, 0.25) is 0 Å². The van der Waals surface area contributed by atoms with E-state index in [1.165, 1.54) is 12.1 Å². The van der Waals surface area contributed by atoms with Gasteiger partial charge in [0.25, 0.3) is 11.6 Å². The highest BCUT2D eigenvalue weighted by molar-refractivity contribution is 6.07. The van der Waals surface area contributed by atoms with E-state index in [0.717, 1.165) is 13.2 Å². The number of alkyl halides is 2. The van der Waals surface area contributed by atoms with Crippen LogP contribution in [0.25, 0.3) is 0 Å². The van der Waals surface area contributed by atoms with Crippen molar-refractivity contribution in [2.24, 2.45) is 0 Å². The molecule has 0 unspecified atom stereocenters. The van der Waals surface area contributed by atoms with Gasteiger partial charge in [0.05, 0.1) is 18.1 Å². The van der Waals surface area contributed by atoms with E-state index in [0.29, 0.717) is 36.5 Å². The molecule has 0 aliphatic carbocycles.